The molecule has 2 rings (SSSR count). The molecule has 1 aliphatic heterocycles. The lowest BCUT2D eigenvalue weighted by atomic mass is 9.99. The Morgan fingerprint density at radius 3 is 2.96 bits per heavy atom. The number of likely N-dealkylation sites (tertiary alicyclic amines) is 1. The van der Waals surface area contributed by atoms with Crippen LogP contribution in [0.4, 0.5) is 0 Å². The molecule has 1 amide bonds. The lowest BCUT2D eigenvalue weighted by molar-refractivity contribution is -0.145. The van der Waals surface area contributed by atoms with E-state index in [0.29, 0.717) is 26.0 Å². The Labute approximate surface area is 167 Å². The molecule has 0 unspecified atom stereocenters. The minimum Gasteiger partial charge on any atom is -0.467 e. The van der Waals surface area contributed by atoms with Crippen LogP contribution in [0.1, 0.15) is 51.4 Å². The lowest BCUT2D eigenvalue weighted by Crippen LogP contribution is -2.43. The molecule has 0 radical (unpaired) electrons. The molecule has 1 saturated heterocycles. The maximum absolute atomic E-state index is 12.3. The van der Waals surface area contributed by atoms with Crippen LogP contribution in [0.2, 0.25) is 0 Å². The van der Waals surface area contributed by atoms with Crippen LogP contribution < -0.4 is 0 Å². The molecule has 1 atom stereocenters. The summed E-state index contributed by atoms with van der Waals surface area (Å²) in [5, 5.41) is 0. The van der Waals surface area contributed by atoms with Gasteiger partial charge in [-0.05, 0) is 50.2 Å². The molecule has 1 heterocycles. The van der Waals surface area contributed by atoms with Crippen LogP contribution in [0, 0.1) is 0 Å². The molecule has 1 fully saturated rings. The minimum atomic E-state index is -0.375. The number of unbranched alkanes of at least 4 members (excludes halogenated alkanes) is 1. The van der Waals surface area contributed by atoms with E-state index >= 15 is 0 Å². The van der Waals surface area contributed by atoms with Crippen molar-refractivity contribution in [2.24, 2.45) is 0 Å². The number of ether oxygens (including phenoxy) is 2. The summed E-state index contributed by atoms with van der Waals surface area (Å²) < 4.78 is 9.77. The molecule has 0 bridgehead atoms. The molecule has 28 heavy (non-hydrogen) atoms. The van der Waals surface area contributed by atoms with Crippen molar-refractivity contribution in [3.63, 3.8) is 0 Å². The number of carbonyl (C=O) groups excluding carboxylic acids is 3. The summed E-state index contributed by atoms with van der Waals surface area (Å²) in [6, 6.07) is 0.148. The molecule has 2 aliphatic rings. The summed E-state index contributed by atoms with van der Waals surface area (Å²) in [6.45, 7) is 1.17. The standard InChI is InChI=1S/C22H31NO5/c1-27-22(26)17-28-15-5-4-14-23-19(11-7-13-21(23)25)10-3-2-8-18-9-6-12-20(24)16-18/h3,6,9-10,16,19H,2,4-5,7-8,11-15,17H2,1H3/b10-3+/t19-/m0/s1. The zero-order valence-corrected chi connectivity index (χ0v) is 16.7. The maximum Gasteiger partial charge on any atom is 0.331 e. The average Bonchev–Trinajstić information content (AvgIpc) is 2.69. The number of ketones is 1. The third-order valence-electron chi connectivity index (χ3n) is 4.95. The van der Waals surface area contributed by atoms with Gasteiger partial charge in [0, 0.05) is 32.0 Å². The SMILES string of the molecule is COC(=O)COCCCCN1C(=O)CCC[C@@H]1/C=C/CCC1=CC(=O)CC=C1. The van der Waals surface area contributed by atoms with Crippen LogP contribution in [0.15, 0.2) is 36.0 Å². The predicted molar refractivity (Wildman–Crippen MR) is 107 cm³/mol. The molecule has 6 heteroatoms. The molecule has 0 N–H and O–H groups in total. The first kappa shape index (κ1) is 22.1. The molecule has 6 nitrogen and oxygen atoms in total. The fourth-order valence-corrected chi connectivity index (χ4v) is 3.44. The fourth-order valence-electron chi connectivity index (χ4n) is 3.44. The topological polar surface area (TPSA) is 72.9 Å². The Hall–Kier alpha value is -2.21. The number of methoxy groups -OCH3 is 1. The number of esters is 1. The number of hydrogen-bond acceptors (Lipinski definition) is 5. The molecule has 0 saturated carbocycles. The molecule has 0 spiro atoms. The minimum absolute atomic E-state index is 0.0261. The van der Waals surface area contributed by atoms with Crippen molar-refractivity contribution in [3.8, 4) is 0 Å². The number of nitrogens with zero attached hydrogens (tertiary/aromatic N) is 1. The van der Waals surface area contributed by atoms with Crippen molar-refractivity contribution in [1.82, 2.24) is 4.90 Å². The van der Waals surface area contributed by atoms with Crippen LogP contribution in [0.3, 0.4) is 0 Å². The number of carbonyl (C=O) groups is 3. The van der Waals surface area contributed by atoms with Crippen molar-refractivity contribution in [2.75, 3.05) is 26.9 Å². The van der Waals surface area contributed by atoms with Gasteiger partial charge in [-0.2, -0.15) is 0 Å². The summed E-state index contributed by atoms with van der Waals surface area (Å²) in [4.78, 5) is 36.7. The van der Waals surface area contributed by atoms with Gasteiger partial charge in [-0.15, -0.1) is 0 Å². The quantitative estimate of drug-likeness (QED) is 0.308. The first-order chi connectivity index (χ1) is 13.6. The Kier molecular flexibility index (Phi) is 9.69. The largest absolute Gasteiger partial charge is 0.467 e. The van der Waals surface area contributed by atoms with Crippen LogP contribution in [-0.4, -0.2) is 55.5 Å². The first-order valence-electron chi connectivity index (χ1n) is 10.1. The van der Waals surface area contributed by atoms with Crippen molar-refractivity contribution in [1.29, 1.82) is 0 Å². The Balaban J connectivity index is 1.71. The monoisotopic (exact) mass is 389 g/mol. The Morgan fingerprint density at radius 2 is 2.18 bits per heavy atom. The number of rotatable bonds is 11. The highest BCUT2D eigenvalue weighted by atomic mass is 16.6. The zero-order valence-electron chi connectivity index (χ0n) is 16.7. The second-order valence-corrected chi connectivity index (χ2v) is 7.14. The van der Waals surface area contributed by atoms with Crippen molar-refractivity contribution >= 4 is 17.7 Å². The highest BCUT2D eigenvalue weighted by molar-refractivity contribution is 5.93. The van der Waals surface area contributed by atoms with E-state index in [9.17, 15) is 14.4 Å². The molecular formula is C22H31NO5. The van der Waals surface area contributed by atoms with E-state index in [1.165, 1.54) is 7.11 Å². The van der Waals surface area contributed by atoms with Gasteiger partial charge in [0.05, 0.1) is 7.11 Å². The van der Waals surface area contributed by atoms with Gasteiger partial charge in [-0.25, -0.2) is 4.79 Å². The van der Waals surface area contributed by atoms with E-state index < -0.39 is 0 Å². The number of piperidine rings is 1. The third kappa shape index (κ3) is 7.80. The van der Waals surface area contributed by atoms with E-state index in [1.54, 1.807) is 6.08 Å². The third-order valence-corrected chi connectivity index (χ3v) is 4.95. The summed E-state index contributed by atoms with van der Waals surface area (Å²) in [5.41, 5.74) is 1.07. The number of hydrogen-bond donors (Lipinski definition) is 0. The maximum atomic E-state index is 12.3. The predicted octanol–water partition coefficient (Wildman–Crippen LogP) is 3.13. The fraction of sp³-hybridized carbons (Fsp3) is 0.591. The second-order valence-electron chi connectivity index (χ2n) is 7.14. The summed E-state index contributed by atoms with van der Waals surface area (Å²) >= 11 is 0. The van der Waals surface area contributed by atoms with E-state index in [-0.39, 0.29) is 30.3 Å². The average molecular weight is 389 g/mol. The molecule has 0 aromatic heterocycles. The van der Waals surface area contributed by atoms with Crippen LogP contribution in [0.5, 0.6) is 0 Å². The van der Waals surface area contributed by atoms with Gasteiger partial charge in [0.2, 0.25) is 5.91 Å². The van der Waals surface area contributed by atoms with Crippen molar-refractivity contribution in [2.45, 2.75) is 57.4 Å². The van der Waals surface area contributed by atoms with E-state index in [0.717, 1.165) is 44.1 Å². The van der Waals surface area contributed by atoms with Gasteiger partial charge in [-0.1, -0.05) is 24.3 Å². The number of amides is 1. The smallest absolute Gasteiger partial charge is 0.331 e. The van der Waals surface area contributed by atoms with Crippen LogP contribution in [0.25, 0.3) is 0 Å². The Morgan fingerprint density at radius 1 is 1.32 bits per heavy atom. The second kappa shape index (κ2) is 12.3. The molecule has 1 aliphatic carbocycles. The normalized spacial score (nSPS) is 20.0. The Bertz CT molecular complexity index is 635. The highest BCUT2D eigenvalue weighted by Gasteiger charge is 2.25. The van der Waals surface area contributed by atoms with Gasteiger partial charge in [0.1, 0.15) is 6.61 Å². The molecule has 0 aromatic rings. The highest BCUT2D eigenvalue weighted by Crippen LogP contribution is 2.21. The lowest BCUT2D eigenvalue weighted by Gasteiger charge is -2.34. The molecule has 154 valence electrons. The van der Waals surface area contributed by atoms with Crippen molar-refractivity contribution in [3.05, 3.63) is 36.0 Å². The summed E-state index contributed by atoms with van der Waals surface area (Å²) in [6.07, 6.45) is 16.3. The van der Waals surface area contributed by atoms with E-state index in [1.807, 2.05) is 17.1 Å². The van der Waals surface area contributed by atoms with Crippen LogP contribution >= 0.6 is 0 Å². The first-order valence-corrected chi connectivity index (χ1v) is 10.1. The van der Waals surface area contributed by atoms with E-state index in [2.05, 4.69) is 16.9 Å². The van der Waals surface area contributed by atoms with E-state index in [4.69, 9.17) is 4.74 Å². The molecular weight excluding hydrogens is 358 g/mol. The number of allylic oxidation sites excluding steroid dienone is 5. The van der Waals surface area contributed by atoms with Gasteiger partial charge in [0.15, 0.2) is 5.78 Å². The molecule has 0 aromatic carbocycles. The van der Waals surface area contributed by atoms with Gasteiger partial charge < -0.3 is 14.4 Å². The summed E-state index contributed by atoms with van der Waals surface area (Å²) in [7, 11) is 1.34. The van der Waals surface area contributed by atoms with Gasteiger partial charge >= 0.3 is 5.97 Å². The zero-order chi connectivity index (χ0) is 20.2. The van der Waals surface area contributed by atoms with Crippen molar-refractivity contribution < 1.29 is 23.9 Å². The van der Waals surface area contributed by atoms with Crippen LogP contribution in [-0.2, 0) is 23.9 Å². The van der Waals surface area contributed by atoms with Gasteiger partial charge in [-0.3, -0.25) is 9.59 Å². The summed E-state index contributed by atoms with van der Waals surface area (Å²) in [5.74, 6) is 0.00116. The van der Waals surface area contributed by atoms with Gasteiger partial charge in [0.25, 0.3) is 0 Å².